The quantitative estimate of drug-likeness (QED) is 0.761. The van der Waals surface area contributed by atoms with E-state index >= 15 is 0 Å². The first-order chi connectivity index (χ1) is 10.7. The second kappa shape index (κ2) is 5.46. The molecule has 5 atom stereocenters. The molecule has 0 aliphatic heterocycles. The molecule has 23 heavy (non-hydrogen) atoms. The number of hydrogen-bond acceptors (Lipinski definition) is 2. The monoisotopic (exact) mass is 318 g/mol. The second-order valence-electron chi connectivity index (χ2n) is 8.92. The van der Waals surface area contributed by atoms with Gasteiger partial charge in [-0.3, -0.25) is 9.59 Å². The van der Waals surface area contributed by atoms with Crippen molar-refractivity contribution in [1.82, 2.24) is 0 Å². The fourth-order valence-corrected chi connectivity index (χ4v) is 5.88. The van der Waals surface area contributed by atoms with Gasteiger partial charge in [-0.25, -0.2) is 0 Å². The molecule has 2 saturated carbocycles. The number of ketones is 1. The zero-order valence-electron chi connectivity index (χ0n) is 14.9. The van der Waals surface area contributed by atoms with Gasteiger partial charge in [-0.2, -0.15) is 0 Å². The first-order valence-corrected chi connectivity index (χ1v) is 9.15. The van der Waals surface area contributed by atoms with Crippen molar-refractivity contribution in [2.45, 2.75) is 66.2 Å². The summed E-state index contributed by atoms with van der Waals surface area (Å²) in [5.41, 5.74) is 1.99. The van der Waals surface area contributed by atoms with Gasteiger partial charge in [-0.1, -0.05) is 39.3 Å². The highest BCUT2D eigenvalue weighted by Crippen LogP contribution is 2.69. The molecule has 4 aliphatic carbocycles. The van der Waals surface area contributed by atoms with E-state index in [9.17, 15) is 9.59 Å². The summed E-state index contributed by atoms with van der Waals surface area (Å²) in [6, 6.07) is 0. The predicted molar refractivity (Wildman–Crippen MR) is 89.9 cm³/mol. The molecule has 0 radical (unpaired) electrons. The number of aliphatic carboxylic acids is 1. The zero-order chi connectivity index (χ0) is 17.0. The average Bonchev–Trinajstić information content (AvgIpc) is 2.81. The van der Waals surface area contributed by atoms with Gasteiger partial charge in [0.2, 0.25) is 0 Å². The maximum absolute atomic E-state index is 12.6. The number of rotatable bonds is 5. The highest BCUT2D eigenvalue weighted by atomic mass is 16.4. The Labute approximate surface area is 139 Å². The molecule has 1 spiro atoms. The number of Topliss-reactive ketones (excluding diaryl/α,β-unsaturated/α-hetero) is 1. The third-order valence-electron chi connectivity index (χ3n) is 7.32. The molecule has 4 rings (SSSR count). The SMILES string of the molecule is C[C@H](CC(=O)C[C@@H]1C(C)(C)[C@H]2C=C3[C@@H](C)CC[C@]31CC2)C(=O)O. The molecular weight excluding hydrogens is 288 g/mol. The minimum atomic E-state index is -0.865. The van der Waals surface area contributed by atoms with E-state index in [2.05, 4.69) is 26.8 Å². The minimum absolute atomic E-state index is 0.138. The van der Waals surface area contributed by atoms with E-state index in [-0.39, 0.29) is 23.0 Å². The van der Waals surface area contributed by atoms with Crippen LogP contribution in [0.4, 0.5) is 0 Å². The van der Waals surface area contributed by atoms with Crippen LogP contribution in [0, 0.1) is 34.5 Å². The van der Waals surface area contributed by atoms with E-state index in [0.717, 1.165) is 0 Å². The van der Waals surface area contributed by atoms with Crippen LogP contribution in [-0.4, -0.2) is 16.9 Å². The molecule has 128 valence electrons. The molecule has 1 N–H and O–H groups in total. The van der Waals surface area contributed by atoms with Crippen LogP contribution in [0.3, 0.4) is 0 Å². The summed E-state index contributed by atoms with van der Waals surface area (Å²) in [6.45, 7) is 8.63. The average molecular weight is 318 g/mol. The van der Waals surface area contributed by atoms with Gasteiger partial charge < -0.3 is 5.11 Å². The second-order valence-corrected chi connectivity index (χ2v) is 8.92. The lowest BCUT2D eigenvalue weighted by atomic mass is 9.45. The Hall–Kier alpha value is -1.12. The van der Waals surface area contributed by atoms with Crippen molar-refractivity contribution in [2.75, 3.05) is 0 Å². The molecule has 3 nitrogen and oxygen atoms in total. The van der Waals surface area contributed by atoms with Gasteiger partial charge in [0, 0.05) is 12.8 Å². The maximum atomic E-state index is 12.6. The lowest BCUT2D eigenvalue weighted by molar-refractivity contribution is -0.143. The number of hydrogen-bond donors (Lipinski definition) is 1. The van der Waals surface area contributed by atoms with E-state index < -0.39 is 11.9 Å². The van der Waals surface area contributed by atoms with Crippen molar-refractivity contribution < 1.29 is 14.7 Å². The number of carbonyl (C=O) groups is 2. The smallest absolute Gasteiger partial charge is 0.306 e. The largest absolute Gasteiger partial charge is 0.481 e. The van der Waals surface area contributed by atoms with Gasteiger partial charge in [0.25, 0.3) is 0 Å². The van der Waals surface area contributed by atoms with E-state index in [1.807, 2.05) is 0 Å². The van der Waals surface area contributed by atoms with Crippen LogP contribution in [0.15, 0.2) is 11.6 Å². The standard InChI is InChI=1S/C20H30O3/c1-12-5-7-20-8-6-14(10-16(12)20)19(3,4)17(20)11-15(21)9-13(2)18(22)23/h10,12-14,17H,5-9,11H2,1-4H3,(H,22,23)/t12-,13+,14+,17+,20-/m0/s1. The predicted octanol–water partition coefficient (Wildman–Crippen LogP) is 4.47. The Bertz CT molecular complexity index is 559. The molecule has 0 heterocycles. The third-order valence-corrected chi connectivity index (χ3v) is 7.32. The van der Waals surface area contributed by atoms with Crippen LogP contribution in [0.5, 0.6) is 0 Å². The summed E-state index contributed by atoms with van der Waals surface area (Å²) in [4.78, 5) is 23.6. The van der Waals surface area contributed by atoms with Crippen molar-refractivity contribution in [3.05, 3.63) is 11.6 Å². The summed E-state index contributed by atoms with van der Waals surface area (Å²) in [6.07, 6.45) is 8.21. The summed E-state index contributed by atoms with van der Waals surface area (Å²) in [5, 5.41) is 9.07. The molecule has 2 bridgehead atoms. The summed E-state index contributed by atoms with van der Waals surface area (Å²) < 4.78 is 0. The molecule has 3 heteroatoms. The Kier molecular flexibility index (Phi) is 3.97. The highest BCUT2D eigenvalue weighted by molar-refractivity contribution is 5.84. The Morgan fingerprint density at radius 3 is 2.61 bits per heavy atom. The van der Waals surface area contributed by atoms with Crippen molar-refractivity contribution in [3.63, 3.8) is 0 Å². The van der Waals surface area contributed by atoms with Crippen molar-refractivity contribution >= 4 is 11.8 Å². The molecule has 0 saturated heterocycles. The summed E-state index contributed by atoms with van der Waals surface area (Å²) in [7, 11) is 0. The number of carboxylic acids is 1. The maximum Gasteiger partial charge on any atom is 0.306 e. The van der Waals surface area contributed by atoms with Crippen LogP contribution in [0.2, 0.25) is 0 Å². The molecule has 0 aromatic carbocycles. The number of carbonyl (C=O) groups excluding carboxylic acids is 1. The van der Waals surface area contributed by atoms with Crippen LogP contribution in [-0.2, 0) is 9.59 Å². The van der Waals surface area contributed by atoms with E-state index in [4.69, 9.17) is 5.11 Å². The van der Waals surface area contributed by atoms with Crippen molar-refractivity contribution in [1.29, 1.82) is 0 Å². The van der Waals surface area contributed by atoms with Crippen LogP contribution < -0.4 is 0 Å². The van der Waals surface area contributed by atoms with E-state index in [1.54, 1.807) is 12.5 Å². The van der Waals surface area contributed by atoms with Gasteiger partial charge in [-0.05, 0) is 54.3 Å². The molecule has 0 aromatic rings. The molecule has 2 fully saturated rings. The van der Waals surface area contributed by atoms with Crippen LogP contribution >= 0.6 is 0 Å². The molecular formula is C20H30O3. The molecule has 0 aromatic heterocycles. The van der Waals surface area contributed by atoms with Gasteiger partial charge in [0.1, 0.15) is 5.78 Å². The van der Waals surface area contributed by atoms with Crippen molar-refractivity contribution in [3.8, 4) is 0 Å². The minimum Gasteiger partial charge on any atom is -0.481 e. The lowest BCUT2D eigenvalue weighted by Crippen LogP contribution is -2.52. The molecule has 0 amide bonds. The lowest BCUT2D eigenvalue weighted by Gasteiger charge is -2.59. The van der Waals surface area contributed by atoms with E-state index in [0.29, 0.717) is 24.2 Å². The van der Waals surface area contributed by atoms with Crippen LogP contribution in [0.1, 0.15) is 66.2 Å². The first kappa shape index (κ1) is 16.7. The third kappa shape index (κ3) is 2.47. The Morgan fingerprint density at radius 1 is 1.30 bits per heavy atom. The fraction of sp³-hybridized carbons (Fsp3) is 0.800. The van der Waals surface area contributed by atoms with Gasteiger partial charge >= 0.3 is 5.97 Å². The van der Waals surface area contributed by atoms with E-state index in [1.165, 1.54) is 25.7 Å². The molecule has 0 unspecified atom stereocenters. The fourth-order valence-electron chi connectivity index (χ4n) is 5.88. The Balaban J connectivity index is 1.85. The number of carboxylic acid groups (broad SMARTS) is 1. The summed E-state index contributed by atoms with van der Waals surface area (Å²) >= 11 is 0. The normalized spacial score (nSPS) is 38.8. The topological polar surface area (TPSA) is 54.4 Å². The van der Waals surface area contributed by atoms with Gasteiger partial charge in [0.05, 0.1) is 5.92 Å². The number of fused-ring (bicyclic) bond motifs is 2. The molecule has 4 aliphatic rings. The zero-order valence-corrected chi connectivity index (χ0v) is 14.9. The van der Waals surface area contributed by atoms with Gasteiger partial charge in [0.15, 0.2) is 0 Å². The highest BCUT2D eigenvalue weighted by Gasteiger charge is 2.60. The Morgan fingerprint density at radius 2 is 1.96 bits per heavy atom. The van der Waals surface area contributed by atoms with Crippen molar-refractivity contribution in [2.24, 2.45) is 34.5 Å². The number of allylic oxidation sites excluding steroid dienone is 2. The van der Waals surface area contributed by atoms with Gasteiger partial charge in [-0.15, -0.1) is 0 Å². The first-order valence-electron chi connectivity index (χ1n) is 9.15. The summed E-state index contributed by atoms with van der Waals surface area (Å²) in [5.74, 6) is 0.322. The van der Waals surface area contributed by atoms with Crippen LogP contribution in [0.25, 0.3) is 0 Å².